The highest BCUT2D eigenvalue weighted by Crippen LogP contribution is 2.12. The fraction of sp³-hybridized carbons (Fsp3) is 0.250. The van der Waals surface area contributed by atoms with Gasteiger partial charge in [-0.2, -0.15) is 0 Å². The number of hydrogen-bond donors (Lipinski definition) is 1. The Bertz CT molecular complexity index is 465. The van der Waals surface area contributed by atoms with Crippen molar-refractivity contribution in [3.63, 3.8) is 0 Å². The average Bonchev–Trinajstić information content (AvgIpc) is 2.39. The molecule has 0 atom stereocenters. The molecule has 1 N–H and O–H groups in total. The summed E-state index contributed by atoms with van der Waals surface area (Å²) in [6.07, 6.45) is 0.283. The minimum absolute atomic E-state index is 0.00125. The maximum Gasteiger partial charge on any atom is 0.338 e. The first-order chi connectivity index (χ1) is 8.15. The monoisotopic (exact) mass is 235 g/mol. The molecule has 0 unspecified atom stereocenters. The zero-order valence-corrected chi connectivity index (χ0v) is 9.64. The van der Waals surface area contributed by atoms with Gasteiger partial charge in [0.15, 0.2) is 0 Å². The third-order valence-electron chi connectivity index (χ3n) is 2.29. The smallest absolute Gasteiger partial charge is 0.338 e. The summed E-state index contributed by atoms with van der Waals surface area (Å²) >= 11 is 0. The maximum atomic E-state index is 11.9. The van der Waals surface area contributed by atoms with Crippen LogP contribution < -0.4 is 0 Å². The Balaban J connectivity index is 3.23. The Hall–Kier alpha value is -2.17. The highest BCUT2D eigenvalue weighted by molar-refractivity contribution is 6.46. The van der Waals surface area contributed by atoms with Gasteiger partial charge in [0.25, 0.3) is 0 Å². The molecule has 5 heteroatoms. The number of Topliss-reactive ketones (excluding diaryl/α,β-unsaturated/α-hetero) is 1. The van der Waals surface area contributed by atoms with Crippen LogP contribution >= 0.6 is 0 Å². The Kier molecular flexibility index (Phi) is 4.39. The van der Waals surface area contributed by atoms with E-state index in [0.29, 0.717) is 0 Å². The summed E-state index contributed by atoms with van der Waals surface area (Å²) in [5.74, 6) is -1.07. The zero-order valence-electron chi connectivity index (χ0n) is 9.64. The molecule has 0 aliphatic rings. The molecule has 0 aliphatic heterocycles. The number of hydrogen-bond acceptors (Lipinski definition) is 5. The van der Waals surface area contributed by atoms with Gasteiger partial charge in [-0.3, -0.25) is 4.79 Å². The minimum Gasteiger partial charge on any atom is -0.465 e. The van der Waals surface area contributed by atoms with Crippen LogP contribution in [0.2, 0.25) is 0 Å². The first-order valence-electron chi connectivity index (χ1n) is 5.08. The van der Waals surface area contributed by atoms with Crippen LogP contribution in [-0.2, 0) is 4.74 Å². The molecule has 0 heterocycles. The lowest BCUT2D eigenvalue weighted by molar-refractivity contribution is 0.0597. The molecule has 0 fully saturated rings. The Morgan fingerprint density at radius 2 is 1.88 bits per heavy atom. The standard InChI is InChI=1S/C12H13NO4/c1-3-10(13-16)11(14)8-6-4-5-7-9(8)12(15)17-2/h4-7,16H,3H2,1-2H3/b13-10+. The van der Waals surface area contributed by atoms with Gasteiger partial charge in [-0.25, -0.2) is 4.79 Å². The lowest BCUT2D eigenvalue weighted by Crippen LogP contribution is -2.18. The summed E-state index contributed by atoms with van der Waals surface area (Å²) in [6.45, 7) is 1.69. The number of carbonyl (C=O) groups is 2. The van der Waals surface area contributed by atoms with E-state index in [2.05, 4.69) is 9.89 Å². The van der Waals surface area contributed by atoms with Crippen molar-refractivity contribution < 1.29 is 19.5 Å². The largest absolute Gasteiger partial charge is 0.465 e. The van der Waals surface area contributed by atoms with Gasteiger partial charge < -0.3 is 9.94 Å². The number of ketones is 1. The highest BCUT2D eigenvalue weighted by atomic mass is 16.5. The third-order valence-corrected chi connectivity index (χ3v) is 2.29. The van der Waals surface area contributed by atoms with Crippen LogP contribution in [0.15, 0.2) is 29.4 Å². The van der Waals surface area contributed by atoms with E-state index in [4.69, 9.17) is 5.21 Å². The molecule has 5 nitrogen and oxygen atoms in total. The molecule has 0 saturated carbocycles. The Labute approximate surface area is 98.7 Å². The summed E-state index contributed by atoms with van der Waals surface area (Å²) in [7, 11) is 1.24. The van der Waals surface area contributed by atoms with E-state index in [9.17, 15) is 9.59 Å². The van der Waals surface area contributed by atoms with Crippen molar-refractivity contribution in [2.75, 3.05) is 7.11 Å². The first kappa shape index (κ1) is 12.9. The number of benzene rings is 1. The number of esters is 1. The Morgan fingerprint density at radius 3 is 2.35 bits per heavy atom. The minimum atomic E-state index is -0.595. The van der Waals surface area contributed by atoms with Gasteiger partial charge in [-0.15, -0.1) is 0 Å². The lowest BCUT2D eigenvalue weighted by atomic mass is 9.99. The van der Waals surface area contributed by atoms with Crippen LogP contribution in [0.3, 0.4) is 0 Å². The number of rotatable bonds is 4. The van der Waals surface area contributed by atoms with Crippen molar-refractivity contribution in [3.8, 4) is 0 Å². The predicted molar refractivity (Wildman–Crippen MR) is 61.6 cm³/mol. The van der Waals surface area contributed by atoms with Crippen LogP contribution in [0.25, 0.3) is 0 Å². The number of methoxy groups -OCH3 is 1. The summed E-state index contributed by atoms with van der Waals surface area (Å²) < 4.78 is 4.58. The molecule has 17 heavy (non-hydrogen) atoms. The van der Waals surface area contributed by atoms with E-state index >= 15 is 0 Å². The SMILES string of the molecule is CC/C(=N\O)C(=O)c1ccccc1C(=O)OC. The Morgan fingerprint density at radius 1 is 1.29 bits per heavy atom. The summed E-state index contributed by atoms with van der Waals surface area (Å²) in [6, 6.07) is 6.24. The van der Waals surface area contributed by atoms with Gasteiger partial charge in [0.05, 0.1) is 12.7 Å². The molecule has 0 aliphatic carbocycles. The molecule has 1 aromatic rings. The molecular weight excluding hydrogens is 222 g/mol. The number of ether oxygens (including phenoxy) is 1. The second-order valence-electron chi connectivity index (χ2n) is 3.27. The predicted octanol–water partition coefficient (Wildman–Crippen LogP) is 1.90. The molecule has 0 radical (unpaired) electrons. The van der Waals surface area contributed by atoms with E-state index in [-0.39, 0.29) is 23.3 Å². The van der Waals surface area contributed by atoms with E-state index < -0.39 is 11.8 Å². The van der Waals surface area contributed by atoms with Gasteiger partial charge in [0.1, 0.15) is 5.71 Å². The van der Waals surface area contributed by atoms with Crippen LogP contribution in [0.4, 0.5) is 0 Å². The number of carbonyl (C=O) groups excluding carboxylic acids is 2. The lowest BCUT2D eigenvalue weighted by Gasteiger charge is -2.06. The van der Waals surface area contributed by atoms with Crippen LogP contribution in [0.1, 0.15) is 34.1 Å². The second-order valence-corrected chi connectivity index (χ2v) is 3.27. The summed E-state index contributed by atoms with van der Waals surface area (Å²) in [5, 5.41) is 11.6. The fourth-order valence-electron chi connectivity index (χ4n) is 1.40. The number of oxime groups is 1. The van der Waals surface area contributed by atoms with E-state index in [1.54, 1.807) is 19.1 Å². The molecular formula is C12H13NO4. The maximum absolute atomic E-state index is 11.9. The van der Waals surface area contributed by atoms with Crippen molar-refractivity contribution in [3.05, 3.63) is 35.4 Å². The van der Waals surface area contributed by atoms with Gasteiger partial charge >= 0.3 is 5.97 Å². The van der Waals surface area contributed by atoms with Gasteiger partial charge in [0.2, 0.25) is 5.78 Å². The summed E-state index contributed by atoms with van der Waals surface area (Å²) in [5.41, 5.74) is 0.338. The zero-order chi connectivity index (χ0) is 12.8. The van der Waals surface area contributed by atoms with Crippen LogP contribution in [0.5, 0.6) is 0 Å². The van der Waals surface area contributed by atoms with Crippen molar-refractivity contribution in [1.29, 1.82) is 0 Å². The van der Waals surface area contributed by atoms with Crippen molar-refractivity contribution in [1.82, 2.24) is 0 Å². The highest BCUT2D eigenvalue weighted by Gasteiger charge is 2.20. The van der Waals surface area contributed by atoms with Crippen LogP contribution in [-0.4, -0.2) is 29.8 Å². The van der Waals surface area contributed by atoms with Crippen LogP contribution in [0, 0.1) is 0 Å². The van der Waals surface area contributed by atoms with Crippen molar-refractivity contribution >= 4 is 17.5 Å². The quantitative estimate of drug-likeness (QED) is 0.284. The van der Waals surface area contributed by atoms with Gasteiger partial charge in [0, 0.05) is 5.56 Å². The van der Waals surface area contributed by atoms with E-state index in [1.165, 1.54) is 19.2 Å². The molecule has 0 aromatic heterocycles. The number of nitrogens with zero attached hydrogens (tertiary/aromatic N) is 1. The molecule has 1 aromatic carbocycles. The molecule has 0 bridgehead atoms. The molecule has 0 saturated heterocycles. The molecule has 90 valence electrons. The summed E-state index contributed by atoms with van der Waals surface area (Å²) in [4.78, 5) is 23.4. The van der Waals surface area contributed by atoms with Crippen molar-refractivity contribution in [2.45, 2.75) is 13.3 Å². The van der Waals surface area contributed by atoms with E-state index in [0.717, 1.165) is 0 Å². The topological polar surface area (TPSA) is 76.0 Å². The third kappa shape index (κ3) is 2.69. The molecule has 0 spiro atoms. The molecule has 0 amide bonds. The second kappa shape index (κ2) is 5.79. The van der Waals surface area contributed by atoms with Gasteiger partial charge in [-0.1, -0.05) is 30.3 Å². The fourth-order valence-corrected chi connectivity index (χ4v) is 1.40. The van der Waals surface area contributed by atoms with Crippen molar-refractivity contribution in [2.24, 2.45) is 5.16 Å². The van der Waals surface area contributed by atoms with E-state index in [1.807, 2.05) is 0 Å². The average molecular weight is 235 g/mol. The van der Waals surface area contributed by atoms with Gasteiger partial charge in [-0.05, 0) is 12.5 Å². The molecule has 1 rings (SSSR count). The first-order valence-corrected chi connectivity index (χ1v) is 5.08. The normalized spacial score (nSPS) is 11.1.